The zero-order valence-corrected chi connectivity index (χ0v) is 11.0. The van der Waals surface area contributed by atoms with Crippen LogP contribution in [0.1, 0.15) is 6.42 Å². The molecule has 0 aliphatic rings. The average Bonchev–Trinajstić information content (AvgIpc) is 2.36. The molecule has 1 rings (SSSR count). The lowest BCUT2D eigenvalue weighted by atomic mass is 10.2. The van der Waals surface area contributed by atoms with Gasteiger partial charge in [0.1, 0.15) is 5.82 Å². The maximum absolute atomic E-state index is 11.7. The lowest BCUT2D eigenvalue weighted by Crippen LogP contribution is -2.28. The van der Waals surface area contributed by atoms with Crippen molar-refractivity contribution in [2.45, 2.75) is 12.5 Å². The molecule has 0 saturated heterocycles. The lowest BCUT2D eigenvalue weighted by Gasteiger charge is -2.14. The maximum atomic E-state index is 11.7. The van der Waals surface area contributed by atoms with Crippen molar-refractivity contribution in [2.24, 2.45) is 5.73 Å². The van der Waals surface area contributed by atoms with E-state index in [4.69, 9.17) is 10.5 Å². The van der Waals surface area contributed by atoms with Gasteiger partial charge in [0, 0.05) is 27.7 Å². The molecule has 6 nitrogen and oxygen atoms in total. The largest absolute Gasteiger partial charge is 0.380 e. The number of anilines is 2. The van der Waals surface area contributed by atoms with E-state index in [1.54, 1.807) is 6.20 Å². The zero-order chi connectivity index (χ0) is 13.5. The molecule has 0 bridgehead atoms. The van der Waals surface area contributed by atoms with Crippen LogP contribution >= 0.6 is 0 Å². The van der Waals surface area contributed by atoms with Crippen LogP contribution in [0.15, 0.2) is 18.3 Å². The molecule has 0 radical (unpaired) electrons. The molecule has 6 heteroatoms. The highest BCUT2D eigenvalue weighted by Gasteiger charge is 2.11. The molecule has 0 aromatic carbocycles. The number of hydrogen-bond donors (Lipinski definition) is 2. The number of carbonyl (C=O) groups is 1. The van der Waals surface area contributed by atoms with Gasteiger partial charge in [0.2, 0.25) is 5.91 Å². The topological polar surface area (TPSA) is 80.5 Å². The molecule has 0 fully saturated rings. The quantitative estimate of drug-likeness (QED) is 0.768. The minimum atomic E-state index is -0.251. The van der Waals surface area contributed by atoms with Crippen molar-refractivity contribution in [3.8, 4) is 0 Å². The fraction of sp³-hybridized carbons (Fsp3) is 0.500. The van der Waals surface area contributed by atoms with E-state index in [1.807, 2.05) is 31.1 Å². The number of pyridine rings is 1. The first-order valence-corrected chi connectivity index (χ1v) is 5.73. The van der Waals surface area contributed by atoms with Crippen molar-refractivity contribution in [1.29, 1.82) is 0 Å². The minimum absolute atomic E-state index is 0.133. The summed E-state index contributed by atoms with van der Waals surface area (Å²) in [5.41, 5.74) is 6.12. The summed E-state index contributed by atoms with van der Waals surface area (Å²) in [6.45, 7) is 0.321. The van der Waals surface area contributed by atoms with Gasteiger partial charge in [0.25, 0.3) is 0 Å². The van der Waals surface area contributed by atoms with Gasteiger partial charge in [-0.05, 0) is 12.1 Å². The van der Waals surface area contributed by atoms with Crippen LogP contribution in [0, 0.1) is 0 Å². The highest BCUT2D eigenvalue weighted by Crippen LogP contribution is 2.12. The van der Waals surface area contributed by atoms with Crippen LogP contribution in [0.4, 0.5) is 11.5 Å². The van der Waals surface area contributed by atoms with Gasteiger partial charge in [-0.25, -0.2) is 4.98 Å². The SMILES string of the molecule is COC(CN)CC(=O)Nc1ccc(N(C)C)nc1. The number of nitrogens with zero attached hydrogens (tertiary/aromatic N) is 2. The molecule has 1 aromatic heterocycles. The molecule has 1 unspecified atom stereocenters. The van der Waals surface area contributed by atoms with E-state index in [-0.39, 0.29) is 18.4 Å². The third kappa shape index (κ3) is 4.31. The number of carbonyl (C=O) groups excluding carboxylic acids is 1. The zero-order valence-electron chi connectivity index (χ0n) is 11.0. The summed E-state index contributed by atoms with van der Waals surface area (Å²) in [5, 5.41) is 2.75. The Balaban J connectivity index is 2.54. The summed E-state index contributed by atoms with van der Waals surface area (Å²) < 4.78 is 5.05. The normalized spacial score (nSPS) is 12.0. The van der Waals surface area contributed by atoms with Gasteiger partial charge in [0.05, 0.1) is 24.4 Å². The predicted octanol–water partition coefficient (Wildman–Crippen LogP) is 0.450. The van der Waals surface area contributed by atoms with Crippen molar-refractivity contribution >= 4 is 17.4 Å². The number of rotatable bonds is 6. The summed E-state index contributed by atoms with van der Waals surface area (Å²) in [6.07, 6.45) is 1.61. The van der Waals surface area contributed by atoms with Gasteiger partial charge in [-0.15, -0.1) is 0 Å². The Morgan fingerprint density at radius 2 is 2.28 bits per heavy atom. The summed E-state index contributed by atoms with van der Waals surface area (Å²) in [4.78, 5) is 17.8. The van der Waals surface area contributed by atoms with Gasteiger partial charge >= 0.3 is 0 Å². The third-order valence-electron chi connectivity index (χ3n) is 2.50. The lowest BCUT2D eigenvalue weighted by molar-refractivity contribution is -0.118. The molecule has 1 heterocycles. The van der Waals surface area contributed by atoms with E-state index in [1.165, 1.54) is 7.11 Å². The smallest absolute Gasteiger partial charge is 0.227 e. The maximum Gasteiger partial charge on any atom is 0.227 e. The third-order valence-corrected chi connectivity index (χ3v) is 2.50. The Bertz CT molecular complexity index is 374. The van der Waals surface area contributed by atoms with Crippen molar-refractivity contribution in [3.63, 3.8) is 0 Å². The second-order valence-electron chi connectivity index (χ2n) is 4.15. The Kier molecular flexibility index (Phi) is 5.54. The average molecular weight is 252 g/mol. The Hall–Kier alpha value is -1.66. The summed E-state index contributed by atoms with van der Waals surface area (Å²) in [6, 6.07) is 3.65. The summed E-state index contributed by atoms with van der Waals surface area (Å²) in [5.74, 6) is 0.705. The van der Waals surface area contributed by atoms with E-state index < -0.39 is 0 Å². The molecular weight excluding hydrogens is 232 g/mol. The van der Waals surface area contributed by atoms with Gasteiger partial charge in [-0.2, -0.15) is 0 Å². The molecule has 18 heavy (non-hydrogen) atoms. The van der Waals surface area contributed by atoms with E-state index in [2.05, 4.69) is 10.3 Å². The van der Waals surface area contributed by atoms with E-state index >= 15 is 0 Å². The van der Waals surface area contributed by atoms with E-state index in [0.717, 1.165) is 5.82 Å². The van der Waals surface area contributed by atoms with Crippen LogP contribution in [-0.4, -0.2) is 44.7 Å². The van der Waals surface area contributed by atoms with E-state index in [9.17, 15) is 4.79 Å². The van der Waals surface area contributed by atoms with Crippen molar-refractivity contribution in [3.05, 3.63) is 18.3 Å². The molecule has 0 saturated carbocycles. The molecule has 0 aliphatic heterocycles. The predicted molar refractivity (Wildman–Crippen MR) is 71.7 cm³/mol. The monoisotopic (exact) mass is 252 g/mol. The second-order valence-corrected chi connectivity index (χ2v) is 4.15. The molecule has 0 aliphatic carbocycles. The Labute approximate surface area is 107 Å². The minimum Gasteiger partial charge on any atom is -0.380 e. The molecule has 0 spiro atoms. The van der Waals surface area contributed by atoms with Gasteiger partial charge < -0.3 is 20.7 Å². The fourth-order valence-corrected chi connectivity index (χ4v) is 1.41. The summed E-state index contributed by atoms with van der Waals surface area (Å²) in [7, 11) is 5.36. The summed E-state index contributed by atoms with van der Waals surface area (Å²) >= 11 is 0. The molecule has 1 aromatic rings. The van der Waals surface area contributed by atoms with Gasteiger partial charge in [-0.1, -0.05) is 0 Å². The molecule has 1 atom stereocenters. The van der Waals surface area contributed by atoms with Gasteiger partial charge in [-0.3, -0.25) is 4.79 Å². The highest BCUT2D eigenvalue weighted by molar-refractivity contribution is 5.90. The standard InChI is InChI=1S/C12H20N4O2/c1-16(2)11-5-4-9(8-14-11)15-12(17)6-10(7-13)18-3/h4-5,8,10H,6-7,13H2,1-3H3,(H,15,17). The highest BCUT2D eigenvalue weighted by atomic mass is 16.5. The first kappa shape index (κ1) is 14.4. The number of aromatic nitrogens is 1. The van der Waals surface area contributed by atoms with E-state index in [0.29, 0.717) is 12.2 Å². The van der Waals surface area contributed by atoms with Crippen LogP contribution in [0.2, 0.25) is 0 Å². The van der Waals surface area contributed by atoms with Crippen molar-refractivity contribution < 1.29 is 9.53 Å². The second kappa shape index (κ2) is 6.93. The van der Waals surface area contributed by atoms with Crippen LogP contribution in [0.5, 0.6) is 0 Å². The molecule has 3 N–H and O–H groups in total. The number of hydrogen-bond acceptors (Lipinski definition) is 5. The van der Waals surface area contributed by atoms with Crippen LogP contribution in [-0.2, 0) is 9.53 Å². The Morgan fingerprint density at radius 3 is 2.72 bits per heavy atom. The van der Waals surface area contributed by atoms with Crippen molar-refractivity contribution in [1.82, 2.24) is 4.98 Å². The number of nitrogens with two attached hydrogens (primary N) is 1. The number of methoxy groups -OCH3 is 1. The van der Waals surface area contributed by atoms with Crippen molar-refractivity contribution in [2.75, 3.05) is 38.0 Å². The first-order chi connectivity index (χ1) is 8.56. The van der Waals surface area contributed by atoms with Gasteiger partial charge in [0.15, 0.2) is 0 Å². The number of amides is 1. The van der Waals surface area contributed by atoms with Crippen LogP contribution in [0.25, 0.3) is 0 Å². The first-order valence-electron chi connectivity index (χ1n) is 5.73. The Morgan fingerprint density at radius 1 is 1.56 bits per heavy atom. The number of nitrogens with one attached hydrogen (secondary N) is 1. The molecular formula is C12H20N4O2. The molecule has 1 amide bonds. The van der Waals surface area contributed by atoms with Crippen LogP contribution < -0.4 is 16.0 Å². The number of ether oxygens (including phenoxy) is 1. The fourth-order valence-electron chi connectivity index (χ4n) is 1.41. The molecule has 100 valence electrons. The van der Waals surface area contributed by atoms with Crippen LogP contribution in [0.3, 0.4) is 0 Å².